The number of likely N-dealkylation sites (tertiary alicyclic amines) is 1. The minimum atomic E-state index is -0.0143. The number of hydrogen-bond acceptors (Lipinski definition) is 4. The van der Waals surface area contributed by atoms with Gasteiger partial charge in [-0.25, -0.2) is 14.6 Å². The number of nitrogens with zero attached hydrogens (tertiary/aromatic N) is 4. The molecule has 1 aliphatic heterocycles. The molecule has 7 nitrogen and oxygen atoms in total. The molecule has 2 aromatic heterocycles. The van der Waals surface area contributed by atoms with Crippen LogP contribution in [0.4, 0.5) is 11.5 Å². The summed E-state index contributed by atoms with van der Waals surface area (Å²) in [6, 6.07) is 28.8. The minimum absolute atomic E-state index is 0.0143. The molecule has 0 unspecified atom stereocenters. The lowest BCUT2D eigenvalue weighted by Gasteiger charge is -2.32. The van der Waals surface area contributed by atoms with E-state index in [0.717, 1.165) is 65.9 Å². The highest BCUT2D eigenvalue weighted by Gasteiger charge is 2.23. The summed E-state index contributed by atoms with van der Waals surface area (Å²) < 4.78 is 1.94. The van der Waals surface area contributed by atoms with E-state index in [1.807, 2.05) is 53.1 Å². The molecule has 0 aliphatic carbocycles. The van der Waals surface area contributed by atoms with Gasteiger partial charge in [0, 0.05) is 38.3 Å². The SMILES string of the molecule is [C-]#[N+]c1cc(-c2ccccc2)c(-c2ccc(CN3CCC(n4c(=O)[nH]c5ccccc54)CC3)cc2)nc1NC. The Morgan fingerprint density at radius 2 is 1.69 bits per heavy atom. The van der Waals surface area contributed by atoms with Crippen LogP contribution < -0.4 is 11.0 Å². The zero-order valence-electron chi connectivity index (χ0n) is 21.9. The van der Waals surface area contributed by atoms with E-state index < -0.39 is 0 Å². The van der Waals surface area contributed by atoms with Gasteiger partial charge in [0.25, 0.3) is 0 Å². The fraction of sp³-hybridized carbons (Fsp3) is 0.219. The molecule has 0 atom stereocenters. The molecule has 1 saturated heterocycles. The van der Waals surface area contributed by atoms with Crippen molar-refractivity contribution in [1.82, 2.24) is 19.4 Å². The molecule has 0 amide bonds. The van der Waals surface area contributed by atoms with Crippen molar-refractivity contribution >= 4 is 22.5 Å². The second-order valence-electron chi connectivity index (χ2n) is 10.0. The normalized spacial score (nSPS) is 14.4. The molecule has 194 valence electrons. The van der Waals surface area contributed by atoms with Crippen LogP contribution in [0.2, 0.25) is 0 Å². The lowest BCUT2D eigenvalue weighted by Crippen LogP contribution is -2.36. The molecule has 39 heavy (non-hydrogen) atoms. The van der Waals surface area contributed by atoms with Crippen LogP contribution in [0, 0.1) is 6.57 Å². The molecule has 2 N–H and O–H groups in total. The van der Waals surface area contributed by atoms with Gasteiger partial charge < -0.3 is 10.3 Å². The number of hydrogen-bond donors (Lipinski definition) is 2. The van der Waals surface area contributed by atoms with Crippen LogP contribution in [0.25, 0.3) is 38.3 Å². The predicted molar refractivity (Wildman–Crippen MR) is 157 cm³/mol. The van der Waals surface area contributed by atoms with Crippen LogP contribution in [0.1, 0.15) is 24.4 Å². The second kappa shape index (κ2) is 10.6. The molecule has 1 fully saturated rings. The summed E-state index contributed by atoms with van der Waals surface area (Å²) in [7, 11) is 1.80. The Balaban J connectivity index is 1.19. The minimum Gasteiger partial charge on any atom is -0.382 e. The maximum absolute atomic E-state index is 12.6. The molecule has 0 saturated carbocycles. The van der Waals surface area contributed by atoms with Crippen molar-refractivity contribution in [3.63, 3.8) is 0 Å². The van der Waals surface area contributed by atoms with Crippen LogP contribution >= 0.6 is 0 Å². The summed E-state index contributed by atoms with van der Waals surface area (Å²) in [6.07, 6.45) is 1.90. The van der Waals surface area contributed by atoms with E-state index in [2.05, 4.69) is 56.4 Å². The standard InChI is InChI=1S/C32H30N6O/c1-33-28-20-26(23-8-4-3-5-9-23)30(36-31(28)34-2)24-14-12-22(13-15-24)21-37-18-16-25(17-19-37)38-29-11-7-6-10-27(29)35-32(38)39/h3-15,20,25H,16-19,21H2,2H3,(H,34,36)(H,35,39). The molecule has 0 radical (unpaired) electrons. The van der Waals surface area contributed by atoms with Crippen molar-refractivity contribution in [2.45, 2.75) is 25.4 Å². The van der Waals surface area contributed by atoms with Gasteiger partial charge in [-0.1, -0.05) is 66.7 Å². The molecule has 6 rings (SSSR count). The first-order valence-electron chi connectivity index (χ1n) is 13.3. The smallest absolute Gasteiger partial charge is 0.326 e. The third-order valence-corrected chi connectivity index (χ3v) is 7.62. The average molecular weight is 515 g/mol. The van der Waals surface area contributed by atoms with Crippen LogP contribution in [-0.2, 0) is 6.54 Å². The lowest BCUT2D eigenvalue weighted by molar-refractivity contribution is 0.180. The maximum atomic E-state index is 12.6. The zero-order valence-corrected chi connectivity index (χ0v) is 21.9. The number of para-hydroxylation sites is 2. The van der Waals surface area contributed by atoms with E-state index in [1.54, 1.807) is 7.05 Å². The van der Waals surface area contributed by atoms with Gasteiger partial charge in [-0.05, 0) is 47.7 Å². The Labute approximate surface area is 227 Å². The van der Waals surface area contributed by atoms with Gasteiger partial charge in [-0.3, -0.25) is 9.47 Å². The monoisotopic (exact) mass is 514 g/mol. The van der Waals surface area contributed by atoms with Crippen molar-refractivity contribution in [1.29, 1.82) is 0 Å². The van der Waals surface area contributed by atoms with E-state index in [4.69, 9.17) is 11.6 Å². The van der Waals surface area contributed by atoms with E-state index in [9.17, 15) is 4.79 Å². The first kappa shape index (κ1) is 24.7. The molecule has 5 aromatic rings. The van der Waals surface area contributed by atoms with Crippen molar-refractivity contribution in [2.75, 3.05) is 25.5 Å². The molecule has 3 aromatic carbocycles. The summed E-state index contributed by atoms with van der Waals surface area (Å²) in [5, 5.41) is 3.07. The third-order valence-electron chi connectivity index (χ3n) is 7.62. The Morgan fingerprint density at radius 3 is 2.41 bits per heavy atom. The Morgan fingerprint density at radius 1 is 0.974 bits per heavy atom. The number of anilines is 1. The van der Waals surface area contributed by atoms with Gasteiger partial charge in [0.15, 0.2) is 0 Å². The number of benzene rings is 3. The van der Waals surface area contributed by atoms with Gasteiger partial charge in [-0.2, -0.15) is 0 Å². The zero-order chi connectivity index (χ0) is 26.8. The quantitative estimate of drug-likeness (QED) is 0.254. The van der Waals surface area contributed by atoms with E-state index in [0.29, 0.717) is 11.5 Å². The Kier molecular flexibility index (Phi) is 6.70. The van der Waals surface area contributed by atoms with Gasteiger partial charge in [0.2, 0.25) is 5.69 Å². The molecule has 0 spiro atoms. The number of aromatic nitrogens is 3. The summed E-state index contributed by atoms with van der Waals surface area (Å²) in [5.74, 6) is 0.584. The first-order chi connectivity index (χ1) is 19.1. The average Bonchev–Trinajstić information content (AvgIpc) is 3.33. The van der Waals surface area contributed by atoms with Crippen molar-refractivity contribution in [3.8, 4) is 22.4 Å². The summed E-state index contributed by atoms with van der Waals surface area (Å²) >= 11 is 0. The van der Waals surface area contributed by atoms with Gasteiger partial charge in [-0.15, -0.1) is 0 Å². The lowest BCUT2D eigenvalue weighted by atomic mass is 9.97. The molecule has 0 bridgehead atoms. The molecule has 7 heteroatoms. The third kappa shape index (κ3) is 4.83. The second-order valence-corrected chi connectivity index (χ2v) is 10.0. The van der Waals surface area contributed by atoms with Gasteiger partial charge in [0.05, 0.1) is 23.3 Å². The highest BCUT2D eigenvalue weighted by atomic mass is 16.1. The number of H-pyrrole nitrogens is 1. The number of rotatable bonds is 6. The Hall–Kier alpha value is -4.67. The van der Waals surface area contributed by atoms with Gasteiger partial charge in [0.1, 0.15) is 5.82 Å². The molecule has 1 aliphatic rings. The van der Waals surface area contributed by atoms with E-state index in [-0.39, 0.29) is 11.7 Å². The first-order valence-corrected chi connectivity index (χ1v) is 13.3. The van der Waals surface area contributed by atoms with Crippen molar-refractivity contribution in [3.05, 3.63) is 112 Å². The van der Waals surface area contributed by atoms with E-state index in [1.165, 1.54) is 5.56 Å². The van der Waals surface area contributed by atoms with Crippen molar-refractivity contribution < 1.29 is 0 Å². The number of fused-ring (bicyclic) bond motifs is 1. The van der Waals surface area contributed by atoms with Crippen LogP contribution in [-0.4, -0.2) is 39.6 Å². The number of piperidine rings is 1. The largest absolute Gasteiger partial charge is 0.382 e. The number of imidazole rings is 1. The number of aromatic amines is 1. The highest BCUT2D eigenvalue weighted by Crippen LogP contribution is 2.37. The summed E-state index contributed by atoms with van der Waals surface area (Å²) in [5.41, 5.74) is 7.49. The topological polar surface area (TPSA) is 70.3 Å². The van der Waals surface area contributed by atoms with Crippen LogP contribution in [0.3, 0.4) is 0 Å². The van der Waals surface area contributed by atoms with Gasteiger partial charge >= 0.3 is 5.69 Å². The fourth-order valence-corrected chi connectivity index (χ4v) is 5.63. The Bertz CT molecular complexity index is 1700. The fourth-order valence-electron chi connectivity index (χ4n) is 5.63. The number of nitrogens with one attached hydrogen (secondary N) is 2. The summed E-state index contributed by atoms with van der Waals surface area (Å²) in [6.45, 7) is 10.4. The number of pyridine rings is 1. The summed E-state index contributed by atoms with van der Waals surface area (Å²) in [4.78, 5) is 26.6. The molecular weight excluding hydrogens is 484 g/mol. The van der Waals surface area contributed by atoms with Crippen LogP contribution in [0.15, 0.2) is 89.7 Å². The van der Waals surface area contributed by atoms with Crippen LogP contribution in [0.5, 0.6) is 0 Å². The molecule has 3 heterocycles. The van der Waals surface area contributed by atoms with Crippen molar-refractivity contribution in [2.24, 2.45) is 0 Å². The predicted octanol–water partition coefficient (Wildman–Crippen LogP) is 6.49. The van der Waals surface area contributed by atoms with E-state index >= 15 is 0 Å². The molecular formula is C32H30N6O. The highest BCUT2D eigenvalue weighted by molar-refractivity contribution is 5.86. The maximum Gasteiger partial charge on any atom is 0.326 e.